The summed E-state index contributed by atoms with van der Waals surface area (Å²) < 4.78 is 6.04. The van der Waals surface area contributed by atoms with E-state index in [0.717, 1.165) is 25.3 Å². The summed E-state index contributed by atoms with van der Waals surface area (Å²) in [5, 5.41) is 3.52. The Morgan fingerprint density at radius 2 is 2.24 bits per heavy atom. The number of benzene rings is 1. The van der Waals surface area contributed by atoms with Crippen LogP contribution in [0.3, 0.4) is 0 Å². The molecular weight excluding hydrogens is 260 g/mol. The molecule has 0 aromatic heterocycles. The predicted molar refractivity (Wildman–Crippen MR) is 88.9 cm³/mol. The first-order valence-electron chi connectivity index (χ1n) is 8.37. The van der Waals surface area contributed by atoms with E-state index in [1.165, 1.54) is 31.4 Å². The fourth-order valence-electron chi connectivity index (χ4n) is 2.90. The molecule has 2 atom stereocenters. The van der Waals surface area contributed by atoms with E-state index in [9.17, 15) is 0 Å². The molecule has 1 fully saturated rings. The lowest BCUT2D eigenvalue weighted by Gasteiger charge is -2.32. The predicted octanol–water partition coefficient (Wildman–Crippen LogP) is 3.61. The molecule has 0 saturated carbocycles. The molecule has 1 N–H and O–H groups in total. The minimum absolute atomic E-state index is 0.380. The summed E-state index contributed by atoms with van der Waals surface area (Å²) in [5.74, 6) is 0.997. The van der Waals surface area contributed by atoms with Crippen molar-refractivity contribution in [1.29, 1.82) is 0 Å². The van der Waals surface area contributed by atoms with Gasteiger partial charge in [-0.1, -0.05) is 25.5 Å². The van der Waals surface area contributed by atoms with Gasteiger partial charge in [0, 0.05) is 12.1 Å². The van der Waals surface area contributed by atoms with Gasteiger partial charge >= 0.3 is 0 Å². The molecule has 1 aliphatic heterocycles. The van der Waals surface area contributed by atoms with E-state index in [1.807, 2.05) is 0 Å². The fourth-order valence-corrected chi connectivity index (χ4v) is 2.90. The Labute approximate surface area is 129 Å². The van der Waals surface area contributed by atoms with Crippen LogP contribution in [0.2, 0.25) is 0 Å². The third-order valence-corrected chi connectivity index (χ3v) is 4.42. The van der Waals surface area contributed by atoms with Gasteiger partial charge in [-0.3, -0.25) is 0 Å². The topological polar surface area (TPSA) is 24.5 Å². The van der Waals surface area contributed by atoms with Crippen molar-refractivity contribution in [3.8, 4) is 5.75 Å². The van der Waals surface area contributed by atoms with Gasteiger partial charge in [0.2, 0.25) is 0 Å². The van der Waals surface area contributed by atoms with Crippen molar-refractivity contribution in [2.24, 2.45) is 0 Å². The summed E-state index contributed by atoms with van der Waals surface area (Å²) in [6, 6.07) is 9.46. The van der Waals surface area contributed by atoms with Gasteiger partial charge in [0.25, 0.3) is 0 Å². The molecular formula is C18H30N2O. The first kappa shape index (κ1) is 16.3. The van der Waals surface area contributed by atoms with E-state index < -0.39 is 0 Å². The van der Waals surface area contributed by atoms with Crippen LogP contribution in [0.1, 0.15) is 51.1 Å². The average molecular weight is 290 g/mol. The quantitative estimate of drug-likeness (QED) is 0.830. The largest absolute Gasteiger partial charge is 0.492 e. The molecule has 1 aromatic carbocycles. The fraction of sp³-hybridized carbons (Fsp3) is 0.667. The highest BCUT2D eigenvalue weighted by atomic mass is 16.5. The molecule has 0 bridgehead atoms. The summed E-state index contributed by atoms with van der Waals surface area (Å²) in [7, 11) is 2.21. The van der Waals surface area contributed by atoms with Crippen LogP contribution < -0.4 is 10.1 Å². The molecule has 0 radical (unpaired) electrons. The first-order valence-corrected chi connectivity index (χ1v) is 8.37. The van der Waals surface area contributed by atoms with Gasteiger partial charge in [0.1, 0.15) is 12.4 Å². The second-order valence-corrected chi connectivity index (χ2v) is 6.19. The van der Waals surface area contributed by atoms with Gasteiger partial charge in [0.05, 0.1) is 0 Å². The molecule has 1 saturated heterocycles. The molecule has 0 amide bonds. The lowest BCUT2D eigenvalue weighted by Crippen LogP contribution is -2.40. The summed E-state index contributed by atoms with van der Waals surface area (Å²) in [4.78, 5) is 2.43. The minimum atomic E-state index is 0.380. The third-order valence-electron chi connectivity index (χ3n) is 4.42. The van der Waals surface area contributed by atoms with Crippen LogP contribution in [0.25, 0.3) is 0 Å². The number of likely N-dealkylation sites (tertiary alicyclic amines) is 1. The number of likely N-dealkylation sites (N-methyl/N-ethyl adjacent to an activating group) is 1. The normalized spacial score (nSPS) is 21.2. The van der Waals surface area contributed by atoms with Crippen molar-refractivity contribution >= 4 is 0 Å². The highest BCUT2D eigenvalue weighted by Crippen LogP contribution is 2.21. The molecule has 118 valence electrons. The molecule has 2 unspecified atom stereocenters. The first-order chi connectivity index (χ1) is 10.2. The van der Waals surface area contributed by atoms with Crippen LogP contribution in [0.4, 0.5) is 0 Å². The molecule has 3 heteroatoms. The zero-order chi connectivity index (χ0) is 15.1. The molecule has 0 spiro atoms. The van der Waals surface area contributed by atoms with Crippen molar-refractivity contribution < 1.29 is 4.74 Å². The summed E-state index contributed by atoms with van der Waals surface area (Å²) in [6.45, 7) is 7.46. The standard InChI is InChI=1S/C18H30N2O/c1-4-11-19-15(2)16-8-7-10-18(13-16)21-14-17-9-5-6-12-20(17)3/h7-8,10,13,15,17,19H,4-6,9,11-12,14H2,1-3H3. The van der Waals surface area contributed by atoms with E-state index in [-0.39, 0.29) is 0 Å². The summed E-state index contributed by atoms with van der Waals surface area (Å²) >= 11 is 0. The van der Waals surface area contributed by atoms with Crippen LogP contribution in [-0.2, 0) is 0 Å². The second-order valence-electron chi connectivity index (χ2n) is 6.19. The summed E-state index contributed by atoms with van der Waals surface area (Å²) in [5.41, 5.74) is 1.30. The van der Waals surface area contributed by atoms with E-state index >= 15 is 0 Å². The number of ether oxygens (including phenoxy) is 1. The van der Waals surface area contributed by atoms with Crippen LogP contribution in [0.5, 0.6) is 5.75 Å². The zero-order valence-corrected chi connectivity index (χ0v) is 13.8. The van der Waals surface area contributed by atoms with Crippen molar-refractivity contribution in [3.63, 3.8) is 0 Å². The highest BCUT2D eigenvalue weighted by Gasteiger charge is 2.19. The molecule has 0 aliphatic carbocycles. The maximum atomic E-state index is 6.04. The Balaban J connectivity index is 1.88. The van der Waals surface area contributed by atoms with Gasteiger partial charge in [-0.15, -0.1) is 0 Å². The van der Waals surface area contributed by atoms with E-state index in [1.54, 1.807) is 0 Å². The molecule has 1 aliphatic rings. The zero-order valence-electron chi connectivity index (χ0n) is 13.8. The van der Waals surface area contributed by atoms with Gasteiger partial charge < -0.3 is 15.0 Å². The number of piperidine rings is 1. The maximum absolute atomic E-state index is 6.04. The Bertz CT molecular complexity index is 421. The Morgan fingerprint density at radius 1 is 1.38 bits per heavy atom. The van der Waals surface area contributed by atoms with Crippen molar-refractivity contribution in [2.75, 3.05) is 26.7 Å². The van der Waals surface area contributed by atoms with Crippen LogP contribution >= 0.6 is 0 Å². The number of hydrogen-bond acceptors (Lipinski definition) is 3. The Morgan fingerprint density at radius 3 is 3.00 bits per heavy atom. The Hall–Kier alpha value is -1.06. The number of rotatable bonds is 7. The van der Waals surface area contributed by atoms with E-state index in [0.29, 0.717) is 12.1 Å². The lowest BCUT2D eigenvalue weighted by atomic mass is 10.0. The maximum Gasteiger partial charge on any atom is 0.119 e. The minimum Gasteiger partial charge on any atom is -0.492 e. The molecule has 1 heterocycles. The third kappa shape index (κ3) is 5.01. The van der Waals surface area contributed by atoms with Crippen molar-refractivity contribution in [1.82, 2.24) is 10.2 Å². The van der Waals surface area contributed by atoms with E-state index in [2.05, 4.69) is 55.4 Å². The van der Waals surface area contributed by atoms with Crippen molar-refractivity contribution in [2.45, 2.75) is 51.6 Å². The molecule has 2 rings (SSSR count). The van der Waals surface area contributed by atoms with Crippen LogP contribution in [0, 0.1) is 0 Å². The average Bonchev–Trinajstić information content (AvgIpc) is 2.52. The lowest BCUT2D eigenvalue weighted by molar-refractivity contribution is 0.125. The van der Waals surface area contributed by atoms with Crippen LogP contribution in [0.15, 0.2) is 24.3 Å². The SMILES string of the molecule is CCCNC(C)c1cccc(OCC2CCCCN2C)c1. The summed E-state index contributed by atoms with van der Waals surface area (Å²) in [6.07, 6.45) is 5.07. The van der Waals surface area contributed by atoms with Gasteiger partial charge in [-0.2, -0.15) is 0 Å². The molecule has 21 heavy (non-hydrogen) atoms. The van der Waals surface area contributed by atoms with Gasteiger partial charge in [0.15, 0.2) is 0 Å². The van der Waals surface area contributed by atoms with E-state index in [4.69, 9.17) is 4.74 Å². The molecule has 1 aromatic rings. The van der Waals surface area contributed by atoms with Gasteiger partial charge in [-0.05, 0) is 64.0 Å². The molecule has 3 nitrogen and oxygen atoms in total. The number of hydrogen-bond donors (Lipinski definition) is 1. The smallest absolute Gasteiger partial charge is 0.119 e. The second kappa shape index (κ2) is 8.40. The number of nitrogens with zero attached hydrogens (tertiary/aromatic N) is 1. The van der Waals surface area contributed by atoms with Gasteiger partial charge in [-0.25, -0.2) is 0 Å². The Kier molecular flexibility index (Phi) is 6.52. The number of nitrogens with one attached hydrogen (secondary N) is 1. The van der Waals surface area contributed by atoms with Crippen LogP contribution in [-0.4, -0.2) is 37.7 Å². The highest BCUT2D eigenvalue weighted by molar-refractivity contribution is 5.30. The van der Waals surface area contributed by atoms with Crippen molar-refractivity contribution in [3.05, 3.63) is 29.8 Å². The monoisotopic (exact) mass is 290 g/mol.